The van der Waals surface area contributed by atoms with Crippen LogP contribution in [0.4, 0.5) is 0 Å². The van der Waals surface area contributed by atoms with Gasteiger partial charge in [0, 0.05) is 24.7 Å². The number of ether oxygens (including phenoxy) is 1. The lowest BCUT2D eigenvalue weighted by Crippen LogP contribution is -2.59. The van der Waals surface area contributed by atoms with Crippen molar-refractivity contribution in [2.75, 3.05) is 20.2 Å². The fraction of sp³-hybridized carbons (Fsp3) is 1.00. The topological polar surface area (TPSA) is 38.5 Å². The van der Waals surface area contributed by atoms with Gasteiger partial charge in [0.25, 0.3) is 0 Å². The second kappa shape index (κ2) is 6.11. The fourth-order valence-electron chi connectivity index (χ4n) is 4.13. The minimum atomic E-state index is 0.220. The summed E-state index contributed by atoms with van der Waals surface area (Å²) in [5.41, 5.74) is 6.41. The maximum atomic E-state index is 6.19. The lowest BCUT2D eigenvalue weighted by atomic mass is 9.71. The van der Waals surface area contributed by atoms with Gasteiger partial charge in [-0.25, -0.2) is 0 Å². The molecule has 1 saturated heterocycles. The third kappa shape index (κ3) is 2.98. The smallest absolute Gasteiger partial charge is 0.0703 e. The van der Waals surface area contributed by atoms with Gasteiger partial charge in [-0.1, -0.05) is 13.8 Å². The zero-order valence-corrected chi connectivity index (χ0v) is 13.2. The van der Waals surface area contributed by atoms with E-state index in [9.17, 15) is 0 Å². The van der Waals surface area contributed by atoms with Crippen LogP contribution in [0.2, 0.25) is 0 Å². The van der Waals surface area contributed by atoms with Gasteiger partial charge in [-0.15, -0.1) is 0 Å². The van der Waals surface area contributed by atoms with Gasteiger partial charge in [0.1, 0.15) is 0 Å². The zero-order chi connectivity index (χ0) is 14.0. The molecular formula is C16H32N2O. The van der Waals surface area contributed by atoms with E-state index >= 15 is 0 Å². The standard InChI is InChI=1S/C16H32N2O/c1-12(2)14-5-8-16(11-17,9-6-14)18(4)15-7-10-19-13(15)3/h12-15H,5-11,17H2,1-4H3. The van der Waals surface area contributed by atoms with E-state index in [4.69, 9.17) is 10.5 Å². The highest BCUT2D eigenvalue weighted by Crippen LogP contribution is 2.40. The van der Waals surface area contributed by atoms with Gasteiger partial charge in [-0.05, 0) is 57.9 Å². The average molecular weight is 268 g/mol. The highest BCUT2D eigenvalue weighted by atomic mass is 16.5. The summed E-state index contributed by atoms with van der Waals surface area (Å²) in [4.78, 5) is 2.57. The maximum Gasteiger partial charge on any atom is 0.0703 e. The molecule has 0 aromatic carbocycles. The molecule has 2 rings (SSSR count). The Morgan fingerprint density at radius 2 is 1.89 bits per heavy atom. The molecule has 2 unspecified atom stereocenters. The lowest BCUT2D eigenvalue weighted by Gasteiger charge is -2.49. The van der Waals surface area contributed by atoms with E-state index in [-0.39, 0.29) is 5.54 Å². The molecule has 0 aromatic rings. The Kier molecular flexibility index (Phi) is 4.91. The summed E-state index contributed by atoms with van der Waals surface area (Å²) in [6.07, 6.45) is 6.70. The van der Waals surface area contributed by atoms with Crippen LogP contribution in [0.3, 0.4) is 0 Å². The first-order chi connectivity index (χ1) is 9.00. The van der Waals surface area contributed by atoms with Crippen LogP contribution in [0.1, 0.15) is 52.9 Å². The number of rotatable bonds is 4. The summed E-state index contributed by atoms with van der Waals surface area (Å²) in [5, 5.41) is 0. The lowest BCUT2D eigenvalue weighted by molar-refractivity contribution is -0.00298. The highest BCUT2D eigenvalue weighted by Gasteiger charge is 2.43. The average Bonchev–Trinajstić information content (AvgIpc) is 2.84. The van der Waals surface area contributed by atoms with E-state index in [1.165, 1.54) is 25.7 Å². The first-order valence-corrected chi connectivity index (χ1v) is 8.05. The summed E-state index contributed by atoms with van der Waals surface area (Å²) >= 11 is 0. The third-order valence-electron chi connectivity index (χ3n) is 5.87. The van der Waals surface area contributed by atoms with Crippen molar-refractivity contribution in [3.8, 4) is 0 Å². The summed E-state index contributed by atoms with van der Waals surface area (Å²) in [6, 6.07) is 0.555. The summed E-state index contributed by atoms with van der Waals surface area (Å²) in [5.74, 6) is 1.71. The van der Waals surface area contributed by atoms with Crippen molar-refractivity contribution >= 4 is 0 Å². The van der Waals surface area contributed by atoms with Crippen LogP contribution in [0.5, 0.6) is 0 Å². The van der Waals surface area contributed by atoms with Gasteiger partial charge in [-0.2, -0.15) is 0 Å². The molecule has 2 fully saturated rings. The van der Waals surface area contributed by atoms with Gasteiger partial charge in [0.2, 0.25) is 0 Å². The molecule has 2 N–H and O–H groups in total. The van der Waals surface area contributed by atoms with E-state index in [1.54, 1.807) is 0 Å². The molecule has 0 aromatic heterocycles. The minimum absolute atomic E-state index is 0.220. The monoisotopic (exact) mass is 268 g/mol. The molecule has 3 nitrogen and oxygen atoms in total. The molecule has 0 bridgehead atoms. The molecule has 1 saturated carbocycles. The fourth-order valence-corrected chi connectivity index (χ4v) is 4.13. The molecule has 0 amide bonds. The molecular weight excluding hydrogens is 236 g/mol. The summed E-state index contributed by atoms with van der Waals surface area (Å²) in [6.45, 7) is 8.62. The number of hydrogen-bond acceptors (Lipinski definition) is 3. The van der Waals surface area contributed by atoms with Crippen molar-refractivity contribution in [2.45, 2.75) is 70.6 Å². The van der Waals surface area contributed by atoms with Crippen molar-refractivity contribution in [3.05, 3.63) is 0 Å². The first kappa shape index (κ1) is 15.3. The predicted octanol–water partition coefficient (Wildman–Crippen LogP) is 2.64. The van der Waals surface area contributed by atoms with Crippen molar-refractivity contribution in [2.24, 2.45) is 17.6 Å². The van der Waals surface area contributed by atoms with Crippen LogP contribution in [-0.4, -0.2) is 42.8 Å². The number of likely N-dealkylation sites (N-methyl/N-ethyl adjacent to an activating group) is 1. The van der Waals surface area contributed by atoms with E-state index in [2.05, 4.69) is 32.7 Å². The SMILES string of the molecule is CC(C)C1CCC(CN)(N(C)C2CCOC2C)CC1. The van der Waals surface area contributed by atoms with Gasteiger partial charge < -0.3 is 10.5 Å². The van der Waals surface area contributed by atoms with Crippen molar-refractivity contribution in [1.82, 2.24) is 4.90 Å². The van der Waals surface area contributed by atoms with Crippen LogP contribution >= 0.6 is 0 Å². The van der Waals surface area contributed by atoms with Crippen LogP contribution in [0.25, 0.3) is 0 Å². The Bertz CT molecular complexity index is 284. The normalized spacial score (nSPS) is 40.3. The Morgan fingerprint density at radius 3 is 2.32 bits per heavy atom. The molecule has 1 aliphatic carbocycles. The van der Waals surface area contributed by atoms with Crippen molar-refractivity contribution < 1.29 is 4.74 Å². The highest BCUT2D eigenvalue weighted by molar-refractivity contribution is 4.99. The van der Waals surface area contributed by atoms with E-state index < -0.39 is 0 Å². The molecule has 19 heavy (non-hydrogen) atoms. The number of hydrogen-bond donors (Lipinski definition) is 1. The minimum Gasteiger partial charge on any atom is -0.377 e. The van der Waals surface area contributed by atoms with Crippen LogP contribution in [-0.2, 0) is 4.74 Å². The van der Waals surface area contributed by atoms with Gasteiger partial charge in [0.05, 0.1) is 6.10 Å². The molecule has 2 aliphatic rings. The van der Waals surface area contributed by atoms with Crippen molar-refractivity contribution in [3.63, 3.8) is 0 Å². The Labute approximate surface area is 118 Å². The Morgan fingerprint density at radius 1 is 1.26 bits per heavy atom. The van der Waals surface area contributed by atoms with Gasteiger partial charge in [-0.3, -0.25) is 4.90 Å². The maximum absolute atomic E-state index is 6.19. The Hall–Kier alpha value is -0.120. The van der Waals surface area contributed by atoms with Gasteiger partial charge >= 0.3 is 0 Å². The molecule has 3 heteroatoms. The van der Waals surface area contributed by atoms with E-state index in [0.717, 1.165) is 31.4 Å². The second-order valence-corrected chi connectivity index (χ2v) is 7.05. The number of nitrogens with two attached hydrogens (primary N) is 1. The quantitative estimate of drug-likeness (QED) is 0.852. The first-order valence-electron chi connectivity index (χ1n) is 8.05. The van der Waals surface area contributed by atoms with E-state index in [0.29, 0.717) is 12.1 Å². The second-order valence-electron chi connectivity index (χ2n) is 7.05. The molecule has 112 valence electrons. The molecule has 2 atom stereocenters. The van der Waals surface area contributed by atoms with Gasteiger partial charge in [0.15, 0.2) is 0 Å². The van der Waals surface area contributed by atoms with Crippen LogP contribution in [0, 0.1) is 11.8 Å². The van der Waals surface area contributed by atoms with Crippen LogP contribution < -0.4 is 5.73 Å². The molecule has 1 aliphatic heterocycles. The Balaban J connectivity index is 2.03. The summed E-state index contributed by atoms with van der Waals surface area (Å²) in [7, 11) is 2.28. The third-order valence-corrected chi connectivity index (χ3v) is 5.87. The van der Waals surface area contributed by atoms with E-state index in [1.807, 2.05) is 0 Å². The predicted molar refractivity (Wildman–Crippen MR) is 80.2 cm³/mol. The zero-order valence-electron chi connectivity index (χ0n) is 13.2. The largest absolute Gasteiger partial charge is 0.377 e. The molecule has 0 radical (unpaired) electrons. The number of nitrogens with zero attached hydrogens (tertiary/aromatic N) is 1. The van der Waals surface area contributed by atoms with Crippen LogP contribution in [0.15, 0.2) is 0 Å². The molecule has 0 spiro atoms. The van der Waals surface area contributed by atoms with Crippen molar-refractivity contribution in [1.29, 1.82) is 0 Å². The summed E-state index contributed by atoms with van der Waals surface area (Å²) < 4.78 is 5.74. The molecule has 1 heterocycles.